The molecule has 1 N–H and O–H groups in total. The molecule has 52 heavy (non-hydrogen) atoms. The summed E-state index contributed by atoms with van der Waals surface area (Å²) >= 11 is 0. The Balaban J connectivity index is 0.980. The zero-order chi connectivity index (χ0) is 34.2. The van der Waals surface area contributed by atoms with Crippen molar-refractivity contribution in [3.8, 4) is 16.8 Å². The number of nitrogens with one attached hydrogen (secondary N) is 1. The molecule has 0 bridgehead atoms. The fourth-order valence-electron chi connectivity index (χ4n) is 8.67. The molecule has 3 unspecified atom stereocenters. The molecular formula is C48H34N4. The summed E-state index contributed by atoms with van der Waals surface area (Å²) in [5.41, 5.74) is 13.4. The van der Waals surface area contributed by atoms with Crippen LogP contribution in [0.25, 0.3) is 49.4 Å². The van der Waals surface area contributed by atoms with Gasteiger partial charge in [-0.1, -0.05) is 140 Å². The molecule has 1 fully saturated rings. The highest BCUT2D eigenvalue weighted by atomic mass is 15.9. The van der Waals surface area contributed by atoms with Gasteiger partial charge in [-0.05, 0) is 76.0 Å². The van der Waals surface area contributed by atoms with Gasteiger partial charge in [0.25, 0.3) is 0 Å². The fourth-order valence-corrected chi connectivity index (χ4v) is 8.67. The number of rotatable bonds is 6. The average molecular weight is 667 g/mol. The first kappa shape index (κ1) is 29.1. The summed E-state index contributed by atoms with van der Waals surface area (Å²) < 4.78 is 2.41. The molecule has 0 amide bonds. The van der Waals surface area contributed by atoms with Crippen molar-refractivity contribution in [2.24, 2.45) is 0 Å². The first-order chi connectivity index (χ1) is 25.8. The van der Waals surface area contributed by atoms with E-state index in [9.17, 15) is 0 Å². The molecule has 2 aliphatic rings. The lowest BCUT2D eigenvalue weighted by atomic mass is 9.93. The number of hydrazine groups is 1. The van der Waals surface area contributed by atoms with E-state index in [-0.39, 0.29) is 12.2 Å². The molecular weight excluding hydrogens is 633 g/mol. The molecule has 4 heteroatoms. The summed E-state index contributed by atoms with van der Waals surface area (Å²) in [6.07, 6.45) is 0.218. The highest BCUT2D eigenvalue weighted by molar-refractivity contribution is 6.24. The Morgan fingerprint density at radius 1 is 0.462 bits per heavy atom. The van der Waals surface area contributed by atoms with Gasteiger partial charge in [0.05, 0.1) is 22.8 Å². The number of nitrogens with zero attached hydrogens (tertiary/aromatic N) is 3. The normalized spacial score (nSPS) is 17.4. The van der Waals surface area contributed by atoms with E-state index >= 15 is 0 Å². The maximum Gasteiger partial charge on any atom is 0.141 e. The summed E-state index contributed by atoms with van der Waals surface area (Å²) in [5.74, 6) is 0. The molecule has 11 rings (SSSR count). The number of aromatic nitrogens is 1. The maximum atomic E-state index is 3.81. The van der Waals surface area contributed by atoms with E-state index in [4.69, 9.17) is 0 Å². The van der Waals surface area contributed by atoms with E-state index in [0.717, 1.165) is 17.1 Å². The lowest BCUT2D eigenvalue weighted by molar-refractivity contribution is 0.446. The van der Waals surface area contributed by atoms with Gasteiger partial charge in [-0.3, -0.25) is 5.01 Å². The average Bonchev–Trinajstić information content (AvgIpc) is 3.70. The van der Waals surface area contributed by atoms with Gasteiger partial charge in [0.15, 0.2) is 0 Å². The Hall–Kier alpha value is -6.62. The van der Waals surface area contributed by atoms with Crippen LogP contribution in [0.5, 0.6) is 0 Å². The number of benzene rings is 8. The molecule has 246 valence electrons. The third-order valence-electron chi connectivity index (χ3n) is 10.9. The predicted octanol–water partition coefficient (Wildman–Crippen LogP) is 12.2. The fraction of sp³-hybridized carbons (Fsp3) is 0.0417. The molecule has 0 saturated carbocycles. The molecule has 3 heterocycles. The zero-order valence-corrected chi connectivity index (χ0v) is 28.4. The van der Waals surface area contributed by atoms with E-state index in [2.05, 4.69) is 208 Å². The van der Waals surface area contributed by atoms with E-state index in [1.165, 1.54) is 66.1 Å². The van der Waals surface area contributed by atoms with Crippen molar-refractivity contribution in [2.75, 3.05) is 10.3 Å². The number of para-hydroxylation sites is 4. The monoisotopic (exact) mass is 666 g/mol. The minimum atomic E-state index is 0.218. The van der Waals surface area contributed by atoms with Crippen LogP contribution >= 0.6 is 0 Å². The van der Waals surface area contributed by atoms with Gasteiger partial charge in [-0.25, -0.2) is 0 Å². The van der Waals surface area contributed by atoms with Crippen LogP contribution in [0, 0.1) is 0 Å². The van der Waals surface area contributed by atoms with Crippen molar-refractivity contribution in [1.29, 1.82) is 0 Å². The van der Waals surface area contributed by atoms with Gasteiger partial charge in [0.2, 0.25) is 0 Å². The van der Waals surface area contributed by atoms with Crippen molar-refractivity contribution in [3.05, 3.63) is 205 Å². The quantitative estimate of drug-likeness (QED) is 0.179. The largest absolute Gasteiger partial charge is 0.355 e. The van der Waals surface area contributed by atoms with E-state index < -0.39 is 0 Å². The first-order valence-electron chi connectivity index (χ1n) is 18.0. The molecule has 0 aliphatic carbocycles. The highest BCUT2D eigenvalue weighted by Gasteiger charge is 2.57. The van der Waals surface area contributed by atoms with Crippen molar-refractivity contribution in [3.63, 3.8) is 0 Å². The molecule has 9 aromatic rings. The molecule has 1 aromatic heterocycles. The Kier molecular flexibility index (Phi) is 6.42. The van der Waals surface area contributed by atoms with Crippen LogP contribution in [0.15, 0.2) is 188 Å². The molecule has 4 nitrogen and oxygen atoms in total. The van der Waals surface area contributed by atoms with Gasteiger partial charge in [-0.15, -0.1) is 0 Å². The second kappa shape index (κ2) is 11.5. The van der Waals surface area contributed by atoms with Gasteiger partial charge in [-0.2, -0.15) is 5.01 Å². The molecule has 1 saturated heterocycles. The molecule has 2 aliphatic heterocycles. The zero-order valence-electron chi connectivity index (χ0n) is 28.4. The van der Waals surface area contributed by atoms with Crippen molar-refractivity contribution >= 4 is 49.6 Å². The molecule has 0 spiro atoms. The molecule has 8 aromatic carbocycles. The second-order valence-corrected chi connectivity index (χ2v) is 13.8. The standard InChI is InChI=1S/C48H34N4/c1-3-15-32(16-4-1)47-40-23-11-14-26-44(40)51-48(52(47)51)33-27-29-34(30-28-33)49-42-24-12-9-20-37(42)41-31-45-46(38-21-8-7-19-36(38)41)39-22-10-13-25-43(39)50(45)35-17-5-2-6-18-35/h1-31,47-49H. The van der Waals surface area contributed by atoms with Gasteiger partial charge < -0.3 is 9.88 Å². The van der Waals surface area contributed by atoms with Crippen LogP contribution < -0.4 is 10.3 Å². The minimum absolute atomic E-state index is 0.218. The number of hydrogen-bond donors (Lipinski definition) is 1. The Bertz CT molecular complexity index is 2790. The minimum Gasteiger partial charge on any atom is -0.355 e. The lowest BCUT2D eigenvalue weighted by Crippen LogP contribution is -2.09. The van der Waals surface area contributed by atoms with Crippen LogP contribution in [0.3, 0.4) is 0 Å². The van der Waals surface area contributed by atoms with E-state index in [1.807, 2.05) is 0 Å². The van der Waals surface area contributed by atoms with Gasteiger partial charge in [0.1, 0.15) is 6.17 Å². The topological polar surface area (TPSA) is 23.0 Å². The highest BCUT2D eigenvalue weighted by Crippen LogP contribution is 2.60. The summed E-state index contributed by atoms with van der Waals surface area (Å²) in [6.45, 7) is 0. The summed E-state index contributed by atoms with van der Waals surface area (Å²) in [4.78, 5) is 0. The van der Waals surface area contributed by atoms with E-state index in [0.29, 0.717) is 0 Å². The van der Waals surface area contributed by atoms with Gasteiger partial charge >= 0.3 is 0 Å². The third kappa shape index (κ3) is 4.38. The van der Waals surface area contributed by atoms with Crippen LogP contribution in [0.1, 0.15) is 28.9 Å². The maximum absolute atomic E-state index is 3.81. The predicted molar refractivity (Wildman–Crippen MR) is 215 cm³/mol. The Morgan fingerprint density at radius 3 is 1.94 bits per heavy atom. The molecule has 0 radical (unpaired) electrons. The third-order valence-corrected chi connectivity index (χ3v) is 10.9. The molecule has 3 atom stereocenters. The van der Waals surface area contributed by atoms with Crippen LogP contribution in [0.4, 0.5) is 17.1 Å². The first-order valence-corrected chi connectivity index (χ1v) is 18.0. The van der Waals surface area contributed by atoms with Crippen LogP contribution in [-0.2, 0) is 0 Å². The van der Waals surface area contributed by atoms with E-state index in [1.54, 1.807) is 0 Å². The van der Waals surface area contributed by atoms with Crippen LogP contribution in [0.2, 0.25) is 0 Å². The van der Waals surface area contributed by atoms with Crippen LogP contribution in [-0.4, -0.2) is 9.58 Å². The second-order valence-electron chi connectivity index (χ2n) is 13.8. The Labute approximate surface area is 302 Å². The van der Waals surface area contributed by atoms with Crippen molar-refractivity contribution < 1.29 is 0 Å². The SMILES string of the molecule is c1ccc(C2c3ccccc3N3C(c4ccc(Nc5ccccc5-c5cc6c(c7ccccc57)c5ccccc5n6-c5ccccc5)cc4)N23)cc1. The summed E-state index contributed by atoms with van der Waals surface area (Å²) in [7, 11) is 0. The van der Waals surface area contributed by atoms with Crippen molar-refractivity contribution in [2.45, 2.75) is 12.2 Å². The smallest absolute Gasteiger partial charge is 0.141 e. The van der Waals surface area contributed by atoms with Crippen molar-refractivity contribution in [1.82, 2.24) is 9.58 Å². The lowest BCUT2D eigenvalue weighted by Gasteiger charge is -2.17. The number of anilines is 3. The van der Waals surface area contributed by atoms with Gasteiger partial charge in [0, 0.05) is 39.0 Å². The number of hydrogen-bond acceptors (Lipinski definition) is 3. The summed E-state index contributed by atoms with van der Waals surface area (Å²) in [5, 5.41) is 13.8. The summed E-state index contributed by atoms with van der Waals surface area (Å²) in [6, 6.07) is 68.3. The Morgan fingerprint density at radius 2 is 1.12 bits per heavy atom. The number of fused-ring (bicyclic) bond motifs is 8.